The Morgan fingerprint density at radius 2 is 1.94 bits per heavy atom. The van der Waals surface area contributed by atoms with Gasteiger partial charge in [-0.3, -0.25) is 4.79 Å². The Balaban J connectivity index is 2.12. The fourth-order valence-corrected chi connectivity index (χ4v) is 4.46. The first-order valence-corrected chi connectivity index (χ1v) is 12.9. The molecule has 8 nitrogen and oxygen atoms in total. The molecule has 0 atom stereocenters. The molecule has 0 aliphatic heterocycles. The van der Waals surface area contributed by atoms with Crippen molar-refractivity contribution in [3.8, 4) is 11.5 Å². The molecule has 34 heavy (non-hydrogen) atoms. The average molecular weight is 660 g/mol. The minimum atomic E-state index is -1.11. The second-order valence-electron chi connectivity index (χ2n) is 7.19. The fraction of sp³-hybridized carbons (Fsp3) is 0.304. The van der Waals surface area contributed by atoms with E-state index in [4.69, 9.17) is 14.6 Å². The highest BCUT2D eigenvalue weighted by molar-refractivity contribution is 9.13. The highest BCUT2D eigenvalue weighted by Crippen LogP contribution is 2.42. The largest absolute Gasteiger partial charge is 0.490 e. The number of fused-ring (bicyclic) bond motifs is 1. The molecule has 3 aromatic rings. The number of benzene rings is 2. The maximum absolute atomic E-state index is 13.3. The number of hydrogen-bond acceptors (Lipinski definition) is 6. The van der Waals surface area contributed by atoms with Crippen LogP contribution in [0.25, 0.3) is 10.9 Å². The average Bonchev–Trinajstić information content (AvgIpc) is 2.80. The van der Waals surface area contributed by atoms with Gasteiger partial charge < -0.3 is 14.6 Å². The summed E-state index contributed by atoms with van der Waals surface area (Å²) in [7, 11) is 0. The van der Waals surface area contributed by atoms with Crippen LogP contribution in [0, 0.1) is 0 Å². The van der Waals surface area contributed by atoms with Gasteiger partial charge in [-0.1, -0.05) is 29.3 Å². The first-order chi connectivity index (χ1) is 16.3. The molecule has 0 fully saturated rings. The Kier molecular flexibility index (Phi) is 9.26. The molecule has 0 aliphatic rings. The molecule has 2 aromatic carbocycles. The summed E-state index contributed by atoms with van der Waals surface area (Å²) in [5, 5.41) is 13.9. The van der Waals surface area contributed by atoms with E-state index in [9.17, 15) is 9.59 Å². The molecule has 0 spiro atoms. The van der Waals surface area contributed by atoms with Crippen molar-refractivity contribution in [3.05, 3.63) is 59.4 Å². The van der Waals surface area contributed by atoms with Gasteiger partial charge in [0.25, 0.3) is 5.56 Å². The van der Waals surface area contributed by atoms with Crippen molar-refractivity contribution >= 4 is 70.9 Å². The van der Waals surface area contributed by atoms with Gasteiger partial charge in [0.2, 0.25) is 0 Å². The lowest BCUT2D eigenvalue weighted by Crippen LogP contribution is -2.22. The van der Waals surface area contributed by atoms with Gasteiger partial charge in [0.1, 0.15) is 5.82 Å². The molecule has 1 aromatic heterocycles. The van der Waals surface area contributed by atoms with Crippen LogP contribution in [0.3, 0.4) is 0 Å². The number of carbonyl (C=O) groups is 1. The maximum atomic E-state index is 13.3. The standard InChI is InChI=1S/C23H22Br3N3O5/c1-3-5-6-18-28-16-8-7-14(24)10-15(16)23(32)29(18)27-11-13-9-17(33-4-2)22(21(26)20(13)25)34-12-19(30)31/h7-11H,3-6,12H2,1-2H3,(H,30,31). The molecule has 3 rings (SSSR count). The van der Waals surface area contributed by atoms with E-state index in [0.717, 1.165) is 17.3 Å². The zero-order valence-corrected chi connectivity index (χ0v) is 23.2. The molecule has 0 amide bonds. The fourth-order valence-electron chi connectivity index (χ4n) is 3.16. The Hall–Kier alpha value is -2.24. The van der Waals surface area contributed by atoms with E-state index in [1.165, 1.54) is 10.9 Å². The minimum Gasteiger partial charge on any atom is -0.490 e. The number of aliphatic carboxylic acids is 1. The summed E-state index contributed by atoms with van der Waals surface area (Å²) >= 11 is 10.3. The zero-order valence-electron chi connectivity index (χ0n) is 18.5. The maximum Gasteiger partial charge on any atom is 0.341 e. The summed E-state index contributed by atoms with van der Waals surface area (Å²) in [6.45, 7) is 3.70. The number of carboxylic acids is 1. The van der Waals surface area contributed by atoms with Gasteiger partial charge >= 0.3 is 5.97 Å². The molecule has 0 saturated carbocycles. The first-order valence-electron chi connectivity index (χ1n) is 10.5. The van der Waals surface area contributed by atoms with Crippen molar-refractivity contribution in [3.63, 3.8) is 0 Å². The highest BCUT2D eigenvalue weighted by Gasteiger charge is 2.18. The Bertz CT molecular complexity index is 1310. The number of aryl methyl sites for hydroxylation is 1. The van der Waals surface area contributed by atoms with Gasteiger partial charge in [-0.2, -0.15) is 9.78 Å². The highest BCUT2D eigenvalue weighted by atomic mass is 79.9. The SMILES string of the molecule is CCCCc1nc2ccc(Br)cc2c(=O)n1N=Cc1cc(OCC)c(OCC(=O)O)c(Br)c1Br. The van der Waals surface area contributed by atoms with Crippen molar-refractivity contribution in [2.45, 2.75) is 33.1 Å². The van der Waals surface area contributed by atoms with Gasteiger partial charge in [0.05, 0.1) is 28.2 Å². The van der Waals surface area contributed by atoms with Gasteiger partial charge in [-0.15, -0.1) is 0 Å². The summed E-state index contributed by atoms with van der Waals surface area (Å²) < 4.78 is 14.2. The van der Waals surface area contributed by atoms with Crippen LogP contribution in [-0.2, 0) is 11.2 Å². The number of halogens is 3. The number of nitrogens with zero attached hydrogens (tertiary/aromatic N) is 3. The molecule has 11 heteroatoms. The number of rotatable bonds is 10. The van der Waals surface area contributed by atoms with E-state index in [1.807, 2.05) is 19.1 Å². The molecular formula is C23H22Br3N3O5. The van der Waals surface area contributed by atoms with Gasteiger partial charge in [0.15, 0.2) is 18.1 Å². The van der Waals surface area contributed by atoms with Crippen LogP contribution in [0.5, 0.6) is 11.5 Å². The molecule has 0 saturated heterocycles. The number of hydrogen-bond donors (Lipinski definition) is 1. The van der Waals surface area contributed by atoms with Crippen LogP contribution >= 0.6 is 47.8 Å². The Morgan fingerprint density at radius 1 is 1.18 bits per heavy atom. The lowest BCUT2D eigenvalue weighted by atomic mass is 10.2. The molecule has 0 bridgehead atoms. The molecule has 1 N–H and O–H groups in total. The molecule has 0 radical (unpaired) electrons. The summed E-state index contributed by atoms with van der Waals surface area (Å²) in [4.78, 5) is 28.9. The third-order valence-corrected chi connectivity index (χ3v) is 7.37. The predicted molar refractivity (Wildman–Crippen MR) is 141 cm³/mol. The number of carboxylic acid groups (broad SMARTS) is 1. The van der Waals surface area contributed by atoms with E-state index in [2.05, 4.69) is 64.8 Å². The second-order valence-corrected chi connectivity index (χ2v) is 9.69. The summed E-state index contributed by atoms with van der Waals surface area (Å²) in [5.41, 5.74) is 0.948. The molecule has 0 unspecified atom stereocenters. The van der Waals surface area contributed by atoms with Gasteiger partial charge in [-0.05, 0) is 69.5 Å². The Labute approximate surface area is 221 Å². The smallest absolute Gasteiger partial charge is 0.341 e. The Morgan fingerprint density at radius 3 is 2.62 bits per heavy atom. The lowest BCUT2D eigenvalue weighted by Gasteiger charge is -2.15. The summed E-state index contributed by atoms with van der Waals surface area (Å²) in [6, 6.07) is 7.06. The summed E-state index contributed by atoms with van der Waals surface area (Å²) in [6.07, 6.45) is 3.95. The molecule has 180 valence electrons. The van der Waals surface area contributed by atoms with Crippen LogP contribution in [0.1, 0.15) is 38.1 Å². The molecular weight excluding hydrogens is 638 g/mol. The molecule has 0 aliphatic carbocycles. The van der Waals surface area contributed by atoms with E-state index in [-0.39, 0.29) is 11.3 Å². The summed E-state index contributed by atoms with van der Waals surface area (Å²) in [5.74, 6) is 0.0655. The van der Waals surface area contributed by atoms with Crippen LogP contribution in [0.15, 0.2) is 47.6 Å². The van der Waals surface area contributed by atoms with Crippen molar-refractivity contribution < 1.29 is 19.4 Å². The van der Waals surface area contributed by atoms with Gasteiger partial charge in [-0.25, -0.2) is 9.78 Å². The van der Waals surface area contributed by atoms with Crippen molar-refractivity contribution in [2.75, 3.05) is 13.2 Å². The monoisotopic (exact) mass is 657 g/mol. The topological polar surface area (TPSA) is 103 Å². The van der Waals surface area contributed by atoms with Crippen molar-refractivity contribution in [1.29, 1.82) is 0 Å². The number of aromatic nitrogens is 2. The van der Waals surface area contributed by atoms with E-state index < -0.39 is 12.6 Å². The number of unbranched alkanes of at least 4 members (excludes halogenated alkanes) is 1. The van der Waals surface area contributed by atoms with Crippen LogP contribution in [-0.4, -0.2) is 40.2 Å². The third kappa shape index (κ3) is 6.05. The normalized spacial score (nSPS) is 11.3. The second kappa shape index (κ2) is 11.9. The van der Waals surface area contributed by atoms with Crippen molar-refractivity contribution in [2.24, 2.45) is 5.10 Å². The van der Waals surface area contributed by atoms with Gasteiger partial charge in [0, 0.05) is 20.9 Å². The number of ether oxygens (including phenoxy) is 2. The van der Waals surface area contributed by atoms with Crippen molar-refractivity contribution in [1.82, 2.24) is 9.66 Å². The lowest BCUT2D eigenvalue weighted by molar-refractivity contribution is -0.139. The predicted octanol–water partition coefficient (Wildman–Crippen LogP) is 5.77. The van der Waals surface area contributed by atoms with Crippen LogP contribution in [0.4, 0.5) is 0 Å². The molecule has 1 heterocycles. The van der Waals surface area contributed by atoms with Crippen LogP contribution in [0.2, 0.25) is 0 Å². The van der Waals surface area contributed by atoms with E-state index in [1.54, 1.807) is 12.1 Å². The van der Waals surface area contributed by atoms with Crippen LogP contribution < -0.4 is 15.0 Å². The zero-order chi connectivity index (χ0) is 24.8. The first kappa shape index (κ1) is 26.4. The third-order valence-electron chi connectivity index (χ3n) is 4.74. The minimum absolute atomic E-state index is 0.256. The van der Waals surface area contributed by atoms with E-state index in [0.29, 0.717) is 50.0 Å². The quantitative estimate of drug-likeness (QED) is 0.277. The van der Waals surface area contributed by atoms with E-state index >= 15 is 0 Å².